The zero-order valence-electron chi connectivity index (χ0n) is 16.1. The molecule has 2 fully saturated rings. The van der Waals surface area contributed by atoms with Crippen LogP contribution in [0.15, 0.2) is 53.4 Å². The number of nitrogens with zero attached hydrogens (tertiary/aromatic N) is 3. The lowest BCUT2D eigenvalue weighted by molar-refractivity contribution is -0.119. The molecule has 0 radical (unpaired) electrons. The molecule has 4 rings (SSSR count). The maximum Gasteiger partial charge on any atom is 0.209 e. The first kappa shape index (κ1) is 19.5. The van der Waals surface area contributed by atoms with E-state index in [1.165, 1.54) is 21.6 Å². The molecule has 148 valence electrons. The van der Waals surface area contributed by atoms with Crippen molar-refractivity contribution in [3.63, 3.8) is 0 Å². The molecule has 6 heteroatoms. The van der Waals surface area contributed by atoms with E-state index in [4.69, 9.17) is 4.74 Å². The number of ether oxygens (including phenoxy) is 1. The summed E-state index contributed by atoms with van der Waals surface area (Å²) in [6.07, 6.45) is 0.955. The molecule has 2 aliphatic heterocycles. The van der Waals surface area contributed by atoms with Gasteiger partial charge in [0.05, 0.1) is 13.2 Å². The normalized spacial score (nSPS) is 18.9. The van der Waals surface area contributed by atoms with Crippen LogP contribution in [0.2, 0.25) is 0 Å². The Morgan fingerprint density at radius 3 is 2.04 bits per heavy atom. The van der Waals surface area contributed by atoms with Gasteiger partial charge in [0.15, 0.2) is 0 Å². The molecule has 2 aromatic carbocycles. The van der Waals surface area contributed by atoms with Gasteiger partial charge in [-0.3, -0.25) is 9.69 Å². The minimum atomic E-state index is 0.824. The molecular weight excluding hydrogens is 370 g/mol. The Bertz CT molecular complexity index is 752. The van der Waals surface area contributed by atoms with Gasteiger partial charge in [-0.15, -0.1) is 0 Å². The molecule has 0 saturated carbocycles. The van der Waals surface area contributed by atoms with Crippen LogP contribution in [0.1, 0.15) is 5.56 Å². The van der Waals surface area contributed by atoms with Gasteiger partial charge in [-0.05, 0) is 40.8 Å². The standard InChI is InChI=1S/C22H27N3O2S/c26-18-24-11-9-23(10-12-24)17-19-1-3-20(4-2-19)21-5-7-22(8-6-21)28-25-13-15-27-16-14-25/h1-8,18H,9-17H2. The van der Waals surface area contributed by atoms with Gasteiger partial charge >= 0.3 is 0 Å². The van der Waals surface area contributed by atoms with Crippen molar-refractivity contribution in [1.29, 1.82) is 0 Å². The summed E-state index contributed by atoms with van der Waals surface area (Å²) in [5.41, 5.74) is 3.82. The van der Waals surface area contributed by atoms with E-state index in [1.54, 1.807) is 0 Å². The second kappa shape index (κ2) is 9.56. The largest absolute Gasteiger partial charge is 0.379 e. The van der Waals surface area contributed by atoms with E-state index in [1.807, 2.05) is 16.8 Å². The maximum absolute atomic E-state index is 10.8. The predicted molar refractivity (Wildman–Crippen MR) is 113 cm³/mol. The highest BCUT2D eigenvalue weighted by Gasteiger charge is 2.15. The molecule has 0 atom stereocenters. The Morgan fingerprint density at radius 1 is 0.821 bits per heavy atom. The summed E-state index contributed by atoms with van der Waals surface area (Å²) in [5, 5.41) is 0. The molecule has 0 spiro atoms. The lowest BCUT2D eigenvalue weighted by Gasteiger charge is -2.32. The van der Waals surface area contributed by atoms with Crippen LogP contribution in [0.4, 0.5) is 0 Å². The molecule has 0 N–H and O–H groups in total. The van der Waals surface area contributed by atoms with E-state index in [0.717, 1.165) is 65.4 Å². The van der Waals surface area contributed by atoms with Crippen molar-refractivity contribution >= 4 is 18.4 Å². The second-order valence-corrected chi connectivity index (χ2v) is 8.44. The third-order valence-electron chi connectivity index (χ3n) is 5.31. The smallest absolute Gasteiger partial charge is 0.209 e. The Balaban J connectivity index is 1.32. The van der Waals surface area contributed by atoms with E-state index in [0.29, 0.717) is 0 Å². The maximum atomic E-state index is 10.8. The zero-order chi connectivity index (χ0) is 19.2. The molecule has 1 amide bonds. The van der Waals surface area contributed by atoms with Gasteiger partial charge in [-0.2, -0.15) is 0 Å². The van der Waals surface area contributed by atoms with Crippen molar-refractivity contribution in [2.45, 2.75) is 11.4 Å². The molecule has 28 heavy (non-hydrogen) atoms. The van der Waals surface area contributed by atoms with Crippen LogP contribution in [-0.2, 0) is 16.1 Å². The number of hydrogen-bond donors (Lipinski definition) is 0. The van der Waals surface area contributed by atoms with Crippen molar-refractivity contribution in [2.24, 2.45) is 0 Å². The number of hydrogen-bond acceptors (Lipinski definition) is 5. The Kier molecular flexibility index (Phi) is 6.65. The molecule has 0 bridgehead atoms. The van der Waals surface area contributed by atoms with E-state index in [2.05, 4.69) is 57.7 Å². The third-order valence-corrected chi connectivity index (χ3v) is 6.41. The van der Waals surface area contributed by atoms with Gasteiger partial charge in [-0.25, -0.2) is 4.31 Å². The first-order valence-corrected chi connectivity index (χ1v) is 10.7. The summed E-state index contributed by atoms with van der Waals surface area (Å²) in [6.45, 7) is 8.12. The van der Waals surface area contributed by atoms with Gasteiger partial charge in [0, 0.05) is 50.7 Å². The average molecular weight is 398 g/mol. The van der Waals surface area contributed by atoms with Gasteiger partial charge in [0.2, 0.25) is 6.41 Å². The highest BCUT2D eigenvalue weighted by molar-refractivity contribution is 7.97. The second-order valence-electron chi connectivity index (χ2n) is 7.27. The van der Waals surface area contributed by atoms with Crippen molar-refractivity contribution in [3.8, 4) is 11.1 Å². The van der Waals surface area contributed by atoms with Gasteiger partial charge in [0.25, 0.3) is 0 Å². The number of morpholine rings is 1. The fraction of sp³-hybridized carbons (Fsp3) is 0.409. The van der Waals surface area contributed by atoms with E-state index < -0.39 is 0 Å². The molecular formula is C22H27N3O2S. The molecule has 2 aliphatic rings. The van der Waals surface area contributed by atoms with Crippen molar-refractivity contribution < 1.29 is 9.53 Å². The van der Waals surface area contributed by atoms with Crippen LogP contribution in [0.3, 0.4) is 0 Å². The molecule has 5 nitrogen and oxygen atoms in total. The first-order valence-electron chi connectivity index (χ1n) is 9.92. The number of carbonyl (C=O) groups is 1. The van der Waals surface area contributed by atoms with E-state index in [-0.39, 0.29) is 0 Å². The fourth-order valence-electron chi connectivity index (χ4n) is 3.58. The Hall–Kier alpha value is -1.86. The summed E-state index contributed by atoms with van der Waals surface area (Å²) in [6, 6.07) is 17.7. The number of rotatable bonds is 6. The number of benzene rings is 2. The first-order chi connectivity index (χ1) is 13.8. The van der Waals surface area contributed by atoms with Crippen molar-refractivity contribution in [3.05, 3.63) is 54.1 Å². The van der Waals surface area contributed by atoms with Crippen LogP contribution >= 0.6 is 11.9 Å². The zero-order valence-corrected chi connectivity index (χ0v) is 16.9. The van der Waals surface area contributed by atoms with E-state index >= 15 is 0 Å². The molecule has 0 aliphatic carbocycles. The van der Waals surface area contributed by atoms with E-state index in [9.17, 15) is 4.79 Å². The molecule has 0 unspecified atom stereocenters. The monoisotopic (exact) mass is 397 g/mol. The minimum Gasteiger partial charge on any atom is -0.379 e. The summed E-state index contributed by atoms with van der Waals surface area (Å²) in [4.78, 5) is 16.3. The highest BCUT2D eigenvalue weighted by Crippen LogP contribution is 2.27. The Labute approximate surface area is 171 Å². The topological polar surface area (TPSA) is 36.0 Å². The van der Waals surface area contributed by atoms with Gasteiger partial charge in [-0.1, -0.05) is 36.4 Å². The van der Waals surface area contributed by atoms with Crippen LogP contribution in [0, 0.1) is 0 Å². The van der Waals surface area contributed by atoms with Crippen LogP contribution in [-0.4, -0.2) is 73.0 Å². The summed E-state index contributed by atoms with van der Waals surface area (Å²) < 4.78 is 7.77. The number of piperazine rings is 1. The molecule has 2 heterocycles. The summed E-state index contributed by atoms with van der Waals surface area (Å²) in [7, 11) is 0. The molecule has 2 saturated heterocycles. The van der Waals surface area contributed by atoms with Crippen molar-refractivity contribution in [2.75, 3.05) is 52.5 Å². The SMILES string of the molecule is O=CN1CCN(Cc2ccc(-c3ccc(SN4CCOCC4)cc3)cc2)CC1. The quantitative estimate of drug-likeness (QED) is 0.553. The van der Waals surface area contributed by atoms with Crippen LogP contribution < -0.4 is 0 Å². The van der Waals surface area contributed by atoms with Crippen LogP contribution in [0.5, 0.6) is 0 Å². The van der Waals surface area contributed by atoms with Gasteiger partial charge < -0.3 is 9.64 Å². The summed E-state index contributed by atoms with van der Waals surface area (Å²) in [5.74, 6) is 0. The number of amides is 1. The molecule has 0 aromatic heterocycles. The average Bonchev–Trinajstić information content (AvgIpc) is 2.76. The highest BCUT2D eigenvalue weighted by atomic mass is 32.2. The minimum absolute atomic E-state index is 0.824. The van der Waals surface area contributed by atoms with Crippen molar-refractivity contribution in [1.82, 2.24) is 14.1 Å². The predicted octanol–water partition coefficient (Wildman–Crippen LogP) is 2.97. The van der Waals surface area contributed by atoms with Gasteiger partial charge in [0.1, 0.15) is 0 Å². The lowest BCUT2D eigenvalue weighted by atomic mass is 10.0. The summed E-state index contributed by atoms with van der Waals surface area (Å²) >= 11 is 1.81. The number of carbonyl (C=O) groups excluding carboxylic acids is 1. The third kappa shape index (κ3) is 5.14. The lowest BCUT2D eigenvalue weighted by Crippen LogP contribution is -2.45. The Morgan fingerprint density at radius 2 is 1.43 bits per heavy atom. The molecule has 2 aromatic rings. The fourth-order valence-corrected chi connectivity index (χ4v) is 4.47. The van der Waals surface area contributed by atoms with Crippen LogP contribution in [0.25, 0.3) is 11.1 Å².